The molecule has 0 heterocycles. The Balaban J connectivity index is 2.11. The lowest BCUT2D eigenvalue weighted by Gasteiger charge is -2.35. The summed E-state index contributed by atoms with van der Waals surface area (Å²) in [6.45, 7) is -0.409. The second-order valence-corrected chi connectivity index (χ2v) is 4.63. The zero-order valence-electron chi connectivity index (χ0n) is 8.69. The number of hydrogen-bond acceptors (Lipinski definition) is 1. The first-order valence-electron chi connectivity index (χ1n) is 4.80. The number of alkyl halides is 4. The zero-order valence-corrected chi connectivity index (χ0v) is 10.3. The van der Waals surface area contributed by atoms with Crippen molar-refractivity contribution < 1.29 is 26.7 Å². The fourth-order valence-electron chi connectivity index (χ4n) is 1.43. The topological polar surface area (TPSA) is 9.23 Å². The Hall–Kier alpha value is -1.11. The normalized spacial score (nSPS) is 20.6. The van der Waals surface area contributed by atoms with Gasteiger partial charge in [0.25, 0.3) is 0 Å². The van der Waals surface area contributed by atoms with Gasteiger partial charge in [0.05, 0.1) is 0 Å². The average Bonchev–Trinajstić information content (AvgIpc) is 2.28. The fourth-order valence-corrected chi connectivity index (χ4v) is 1.88. The van der Waals surface area contributed by atoms with Crippen molar-refractivity contribution >= 4 is 15.9 Å². The summed E-state index contributed by atoms with van der Waals surface area (Å²) in [7, 11) is 0. The molecule has 1 aliphatic rings. The Labute approximate surface area is 107 Å². The van der Waals surface area contributed by atoms with E-state index in [9.17, 15) is 22.0 Å². The van der Waals surface area contributed by atoms with Crippen LogP contribution >= 0.6 is 15.9 Å². The van der Waals surface area contributed by atoms with E-state index in [1.54, 1.807) is 18.2 Å². The minimum atomic E-state index is -4.76. The number of rotatable bonds is 3. The van der Waals surface area contributed by atoms with Gasteiger partial charge < -0.3 is 4.74 Å². The quantitative estimate of drug-likeness (QED) is 0.746. The molecule has 0 unspecified atom stereocenters. The molecule has 0 spiro atoms. The van der Waals surface area contributed by atoms with Crippen molar-refractivity contribution in [3.05, 3.63) is 45.9 Å². The van der Waals surface area contributed by atoms with Gasteiger partial charge in [0.1, 0.15) is 6.61 Å². The summed E-state index contributed by atoms with van der Waals surface area (Å²) >= 11 is 3.14. The SMILES string of the molecule is FC1=C(OCc2cccc(Br)c2)C(F)(F)C1(F)F. The number of halogens is 6. The zero-order chi connectivity index (χ0) is 13.6. The predicted octanol–water partition coefficient (Wildman–Crippen LogP) is 4.43. The van der Waals surface area contributed by atoms with Crippen LogP contribution < -0.4 is 0 Å². The molecule has 0 atom stereocenters. The van der Waals surface area contributed by atoms with Crippen LogP contribution in [0.3, 0.4) is 0 Å². The average molecular weight is 329 g/mol. The van der Waals surface area contributed by atoms with E-state index < -0.39 is 30.0 Å². The maximum absolute atomic E-state index is 12.8. The number of allylic oxidation sites excluding steroid dienone is 2. The van der Waals surface area contributed by atoms with Crippen LogP contribution in [0.25, 0.3) is 0 Å². The summed E-state index contributed by atoms with van der Waals surface area (Å²) in [6, 6.07) is 6.39. The molecule has 2 rings (SSSR count). The summed E-state index contributed by atoms with van der Waals surface area (Å²) in [5.74, 6) is -13.1. The molecule has 1 nitrogen and oxygen atoms in total. The first-order valence-corrected chi connectivity index (χ1v) is 5.59. The largest absolute Gasteiger partial charge is 0.484 e. The monoisotopic (exact) mass is 328 g/mol. The van der Waals surface area contributed by atoms with Gasteiger partial charge in [-0.25, -0.2) is 4.39 Å². The van der Waals surface area contributed by atoms with E-state index in [0.717, 1.165) is 0 Å². The van der Waals surface area contributed by atoms with Crippen LogP contribution in [0.1, 0.15) is 5.56 Å². The third kappa shape index (κ3) is 1.90. The molecule has 0 aliphatic heterocycles. The molecule has 0 bridgehead atoms. The van der Waals surface area contributed by atoms with Gasteiger partial charge in [0, 0.05) is 4.47 Å². The van der Waals surface area contributed by atoms with Crippen molar-refractivity contribution in [2.24, 2.45) is 0 Å². The molecular formula is C11H6BrF5O. The number of benzene rings is 1. The summed E-state index contributed by atoms with van der Waals surface area (Å²) in [4.78, 5) is 0. The van der Waals surface area contributed by atoms with Crippen molar-refractivity contribution in [3.8, 4) is 0 Å². The van der Waals surface area contributed by atoms with E-state index in [4.69, 9.17) is 0 Å². The molecule has 0 radical (unpaired) electrons. The smallest absolute Gasteiger partial charge is 0.375 e. The number of ether oxygens (including phenoxy) is 1. The first kappa shape index (κ1) is 13.3. The summed E-state index contributed by atoms with van der Waals surface area (Å²) in [6.07, 6.45) is 0. The minimum Gasteiger partial charge on any atom is -0.484 e. The van der Waals surface area contributed by atoms with E-state index in [1.807, 2.05) is 0 Å². The van der Waals surface area contributed by atoms with Gasteiger partial charge in [-0.2, -0.15) is 17.6 Å². The predicted molar refractivity (Wildman–Crippen MR) is 57.0 cm³/mol. The van der Waals surface area contributed by atoms with Crippen LogP contribution in [0.4, 0.5) is 22.0 Å². The number of hydrogen-bond donors (Lipinski definition) is 0. The Morgan fingerprint density at radius 1 is 1.11 bits per heavy atom. The van der Waals surface area contributed by atoms with Crippen molar-refractivity contribution in [2.45, 2.75) is 18.5 Å². The summed E-state index contributed by atoms with van der Waals surface area (Å²) < 4.78 is 68.5. The molecular weight excluding hydrogens is 323 g/mol. The van der Waals surface area contributed by atoms with Gasteiger partial charge in [-0.3, -0.25) is 0 Å². The van der Waals surface area contributed by atoms with Crippen molar-refractivity contribution in [1.29, 1.82) is 0 Å². The lowest BCUT2D eigenvalue weighted by molar-refractivity contribution is -0.233. The molecule has 1 aromatic carbocycles. The Kier molecular flexibility index (Phi) is 3.12. The van der Waals surface area contributed by atoms with Crippen LogP contribution in [-0.4, -0.2) is 11.8 Å². The minimum absolute atomic E-state index is 0.409. The van der Waals surface area contributed by atoms with E-state index in [-0.39, 0.29) is 0 Å². The van der Waals surface area contributed by atoms with Crippen molar-refractivity contribution in [2.75, 3.05) is 0 Å². The fraction of sp³-hybridized carbons (Fsp3) is 0.273. The summed E-state index contributed by atoms with van der Waals surface area (Å²) in [5.41, 5.74) is 0.454. The molecule has 7 heteroatoms. The van der Waals surface area contributed by atoms with Crippen LogP contribution in [0.2, 0.25) is 0 Å². The molecule has 0 saturated carbocycles. The Morgan fingerprint density at radius 3 is 2.33 bits per heavy atom. The van der Waals surface area contributed by atoms with Crippen molar-refractivity contribution in [3.63, 3.8) is 0 Å². The van der Waals surface area contributed by atoms with Gasteiger partial charge >= 0.3 is 11.8 Å². The standard InChI is InChI=1S/C11H6BrF5O/c12-7-3-1-2-6(4-7)5-18-9-8(13)10(14,15)11(9,16)17/h1-4H,5H2. The van der Waals surface area contributed by atoms with Crippen LogP contribution in [0.15, 0.2) is 40.3 Å². The maximum Gasteiger partial charge on any atom is 0.375 e. The molecule has 0 N–H and O–H groups in total. The highest BCUT2D eigenvalue weighted by Gasteiger charge is 2.74. The highest BCUT2D eigenvalue weighted by molar-refractivity contribution is 9.10. The maximum atomic E-state index is 12.8. The van der Waals surface area contributed by atoms with Gasteiger partial charge in [0.2, 0.25) is 11.6 Å². The van der Waals surface area contributed by atoms with E-state index >= 15 is 0 Å². The molecule has 0 saturated heterocycles. The van der Waals surface area contributed by atoms with Crippen LogP contribution in [0.5, 0.6) is 0 Å². The van der Waals surface area contributed by atoms with Gasteiger partial charge in [0.15, 0.2) is 0 Å². The molecule has 18 heavy (non-hydrogen) atoms. The lowest BCUT2D eigenvalue weighted by atomic mass is 9.96. The highest BCUT2D eigenvalue weighted by Crippen LogP contribution is 2.56. The van der Waals surface area contributed by atoms with Crippen LogP contribution in [0, 0.1) is 0 Å². The van der Waals surface area contributed by atoms with E-state index in [0.29, 0.717) is 10.0 Å². The second kappa shape index (κ2) is 4.22. The Bertz CT molecular complexity index is 512. The van der Waals surface area contributed by atoms with Gasteiger partial charge in [-0.1, -0.05) is 28.1 Å². The first-order chi connectivity index (χ1) is 8.26. The molecule has 98 valence electrons. The summed E-state index contributed by atoms with van der Waals surface area (Å²) in [5, 5.41) is 0. The van der Waals surface area contributed by atoms with Gasteiger partial charge in [-0.05, 0) is 17.7 Å². The second-order valence-electron chi connectivity index (χ2n) is 3.71. The molecule has 0 fully saturated rings. The highest BCUT2D eigenvalue weighted by atomic mass is 79.9. The lowest BCUT2D eigenvalue weighted by Crippen LogP contribution is -2.53. The molecule has 0 amide bonds. The third-order valence-electron chi connectivity index (χ3n) is 2.43. The third-order valence-corrected chi connectivity index (χ3v) is 2.92. The molecule has 1 aromatic rings. The van der Waals surface area contributed by atoms with E-state index in [2.05, 4.69) is 20.7 Å². The Morgan fingerprint density at radius 2 is 1.78 bits per heavy atom. The van der Waals surface area contributed by atoms with Gasteiger partial charge in [-0.15, -0.1) is 0 Å². The molecule has 0 aromatic heterocycles. The van der Waals surface area contributed by atoms with Crippen LogP contribution in [-0.2, 0) is 11.3 Å². The van der Waals surface area contributed by atoms with Crippen molar-refractivity contribution in [1.82, 2.24) is 0 Å². The molecule has 1 aliphatic carbocycles. The van der Waals surface area contributed by atoms with E-state index in [1.165, 1.54) is 6.07 Å².